The maximum absolute atomic E-state index is 6.66. The summed E-state index contributed by atoms with van der Waals surface area (Å²) in [6.07, 6.45) is 6.87. The van der Waals surface area contributed by atoms with Crippen LogP contribution < -0.4 is 4.74 Å². The summed E-state index contributed by atoms with van der Waals surface area (Å²) in [7, 11) is 0. The summed E-state index contributed by atoms with van der Waals surface area (Å²) in [6.45, 7) is 6.43. The standard InChI is InChI=1S/C38H26O.C13H14.C13H12/c1-25-18-20-26(21-19-25)27-22-23-37-35(24-27)38(34-16-8-9-17-36(34)39-37)32-14-6-4-12-30(32)28-10-2-3-11-29(28)31-13-5-7-15-33(31)38;2*1-11-7-9-13(10-8-11)12-5-3-2-4-6-12/h2-24H,1H3;2-7,9H,8,10H2,1H3;2-10H,1H3. The molecule has 1 aliphatic heterocycles. The first-order chi connectivity index (χ1) is 32.0. The molecule has 9 aromatic carbocycles. The fourth-order valence-corrected chi connectivity index (χ4v) is 9.75. The third-order valence-electron chi connectivity index (χ3n) is 13.1. The fraction of sp³-hybridized carbons (Fsp3) is 0.0938. The SMILES string of the molecule is CC1=CC=C(c2ccccc2)CC1.Cc1ccc(-c2ccc3c(c2)C2(c4ccccc4O3)c3ccccc3-c3ccccc3-c3ccccc32)cc1.Cc1ccc(-c2ccccc2)cc1. The molecule has 0 radical (unpaired) electrons. The highest BCUT2D eigenvalue weighted by Gasteiger charge is 2.49. The normalized spacial score (nSPS) is 13.5. The first-order valence-electron chi connectivity index (χ1n) is 22.8. The molecule has 1 heteroatoms. The van der Waals surface area contributed by atoms with E-state index in [9.17, 15) is 0 Å². The Morgan fingerprint density at radius 3 is 1.31 bits per heavy atom. The third kappa shape index (κ3) is 8.07. The van der Waals surface area contributed by atoms with Crippen LogP contribution >= 0.6 is 0 Å². The zero-order chi connectivity index (χ0) is 44.2. The van der Waals surface area contributed by atoms with Gasteiger partial charge in [-0.2, -0.15) is 0 Å². The number of para-hydroxylation sites is 1. The van der Waals surface area contributed by atoms with Gasteiger partial charge >= 0.3 is 0 Å². The van der Waals surface area contributed by atoms with Gasteiger partial charge in [0.05, 0.1) is 5.41 Å². The minimum absolute atomic E-state index is 0.558. The van der Waals surface area contributed by atoms with Gasteiger partial charge in [-0.05, 0) is 119 Å². The van der Waals surface area contributed by atoms with Crippen molar-refractivity contribution in [3.8, 4) is 56.0 Å². The lowest BCUT2D eigenvalue weighted by atomic mass is 9.62. The van der Waals surface area contributed by atoms with Crippen molar-refractivity contribution in [2.45, 2.75) is 39.0 Å². The van der Waals surface area contributed by atoms with Crippen LogP contribution in [-0.4, -0.2) is 0 Å². The van der Waals surface area contributed by atoms with Crippen LogP contribution in [0.25, 0.3) is 50.1 Å². The van der Waals surface area contributed by atoms with Gasteiger partial charge in [0.1, 0.15) is 11.5 Å². The summed E-state index contributed by atoms with van der Waals surface area (Å²) in [4.78, 5) is 0. The summed E-state index contributed by atoms with van der Waals surface area (Å²) in [6, 6.07) is 80.4. The van der Waals surface area contributed by atoms with Crippen molar-refractivity contribution in [3.05, 3.63) is 281 Å². The second-order valence-electron chi connectivity index (χ2n) is 17.4. The van der Waals surface area contributed by atoms with Crippen LogP contribution in [0.3, 0.4) is 0 Å². The lowest BCUT2D eigenvalue weighted by Crippen LogP contribution is -2.34. The van der Waals surface area contributed by atoms with Gasteiger partial charge < -0.3 is 4.74 Å². The maximum Gasteiger partial charge on any atom is 0.132 e. The summed E-state index contributed by atoms with van der Waals surface area (Å²) in [5, 5.41) is 0. The second kappa shape index (κ2) is 18.2. The van der Waals surface area contributed by atoms with Crippen molar-refractivity contribution >= 4 is 5.57 Å². The Hall–Kier alpha value is -7.74. The molecule has 1 nitrogen and oxygen atoms in total. The minimum Gasteiger partial charge on any atom is -0.457 e. The average Bonchev–Trinajstić information content (AvgIpc) is 3.47. The molecule has 0 saturated carbocycles. The van der Waals surface area contributed by atoms with Crippen LogP contribution in [0.2, 0.25) is 0 Å². The Labute approximate surface area is 384 Å². The minimum atomic E-state index is -0.558. The van der Waals surface area contributed by atoms with E-state index >= 15 is 0 Å². The van der Waals surface area contributed by atoms with Crippen molar-refractivity contribution in [3.63, 3.8) is 0 Å². The highest BCUT2D eigenvalue weighted by molar-refractivity contribution is 5.94. The van der Waals surface area contributed by atoms with Crippen LogP contribution in [0.5, 0.6) is 11.5 Å². The van der Waals surface area contributed by atoms with E-state index in [-0.39, 0.29) is 0 Å². The molecule has 9 aromatic rings. The Morgan fingerprint density at radius 2 is 0.754 bits per heavy atom. The largest absolute Gasteiger partial charge is 0.457 e. The van der Waals surface area contributed by atoms with Crippen LogP contribution in [0.1, 0.15) is 58.7 Å². The van der Waals surface area contributed by atoms with Gasteiger partial charge in [-0.15, -0.1) is 0 Å². The molecule has 0 unspecified atom stereocenters. The predicted octanol–water partition coefficient (Wildman–Crippen LogP) is 17.3. The van der Waals surface area contributed by atoms with Crippen molar-refractivity contribution in [2.75, 3.05) is 0 Å². The molecule has 0 N–H and O–H groups in total. The number of ether oxygens (including phenoxy) is 1. The summed E-state index contributed by atoms with van der Waals surface area (Å²) in [5.41, 5.74) is 21.2. The molecule has 65 heavy (non-hydrogen) atoms. The highest BCUT2D eigenvalue weighted by Crippen LogP contribution is 2.61. The van der Waals surface area contributed by atoms with Gasteiger partial charge in [-0.3, -0.25) is 0 Å². The Bertz CT molecular complexity index is 3100. The van der Waals surface area contributed by atoms with Crippen molar-refractivity contribution < 1.29 is 4.74 Å². The average molecular weight is 837 g/mol. The quantitative estimate of drug-likeness (QED) is 0.172. The molecule has 1 spiro atoms. The molecule has 0 aromatic heterocycles. The lowest BCUT2D eigenvalue weighted by Gasteiger charge is -2.42. The molecule has 0 fully saturated rings. The zero-order valence-corrected chi connectivity index (χ0v) is 37.3. The van der Waals surface area contributed by atoms with Gasteiger partial charge in [0, 0.05) is 11.1 Å². The molecule has 314 valence electrons. The van der Waals surface area contributed by atoms with E-state index in [4.69, 9.17) is 4.74 Å². The molecule has 0 amide bonds. The van der Waals surface area contributed by atoms with E-state index in [1.807, 2.05) is 6.07 Å². The van der Waals surface area contributed by atoms with Gasteiger partial charge in [0.15, 0.2) is 0 Å². The topological polar surface area (TPSA) is 9.23 Å². The van der Waals surface area contributed by atoms with Crippen molar-refractivity contribution in [1.82, 2.24) is 0 Å². The van der Waals surface area contributed by atoms with Crippen LogP contribution in [0.4, 0.5) is 0 Å². The van der Waals surface area contributed by atoms with Crippen molar-refractivity contribution in [1.29, 1.82) is 0 Å². The molecular weight excluding hydrogens is 785 g/mol. The Morgan fingerprint density at radius 1 is 0.323 bits per heavy atom. The molecule has 2 aliphatic carbocycles. The van der Waals surface area contributed by atoms with Crippen LogP contribution in [0.15, 0.2) is 242 Å². The third-order valence-corrected chi connectivity index (χ3v) is 13.1. The number of hydrogen-bond acceptors (Lipinski definition) is 1. The predicted molar refractivity (Wildman–Crippen MR) is 273 cm³/mol. The number of rotatable bonds is 3. The molecule has 0 saturated heterocycles. The van der Waals surface area contributed by atoms with E-state index in [1.165, 1.54) is 107 Å². The Balaban J connectivity index is 0.000000155. The molecule has 1 heterocycles. The lowest BCUT2D eigenvalue weighted by molar-refractivity contribution is 0.435. The zero-order valence-electron chi connectivity index (χ0n) is 37.3. The molecule has 0 bridgehead atoms. The van der Waals surface area contributed by atoms with E-state index in [0.717, 1.165) is 11.5 Å². The summed E-state index contributed by atoms with van der Waals surface area (Å²) in [5.74, 6) is 1.81. The van der Waals surface area contributed by atoms with Crippen LogP contribution in [0, 0.1) is 13.8 Å². The van der Waals surface area contributed by atoms with Crippen molar-refractivity contribution in [2.24, 2.45) is 0 Å². The van der Waals surface area contributed by atoms with Gasteiger partial charge in [0.25, 0.3) is 0 Å². The van der Waals surface area contributed by atoms with E-state index < -0.39 is 5.41 Å². The van der Waals surface area contributed by atoms with Gasteiger partial charge in [0.2, 0.25) is 0 Å². The molecular formula is C64H52O. The second-order valence-corrected chi connectivity index (χ2v) is 17.4. The number of fused-ring (bicyclic) bond motifs is 11. The van der Waals surface area contributed by atoms with E-state index in [1.54, 1.807) is 0 Å². The van der Waals surface area contributed by atoms with Gasteiger partial charge in [-0.25, -0.2) is 0 Å². The number of aryl methyl sites for hydroxylation is 2. The molecule has 0 atom stereocenters. The Kier molecular flexibility index (Phi) is 11.5. The first-order valence-corrected chi connectivity index (χ1v) is 22.8. The first kappa shape index (κ1) is 41.3. The smallest absolute Gasteiger partial charge is 0.132 e. The molecule has 3 aliphatic rings. The highest BCUT2D eigenvalue weighted by atomic mass is 16.5. The van der Waals surface area contributed by atoms with Gasteiger partial charge in [-0.1, -0.05) is 235 Å². The number of benzene rings is 9. The fourth-order valence-electron chi connectivity index (χ4n) is 9.75. The van der Waals surface area contributed by atoms with E-state index in [2.05, 4.69) is 251 Å². The molecule has 12 rings (SSSR count). The van der Waals surface area contributed by atoms with E-state index in [0.29, 0.717) is 0 Å². The van der Waals surface area contributed by atoms with Crippen LogP contribution in [-0.2, 0) is 5.41 Å². The summed E-state index contributed by atoms with van der Waals surface area (Å²) < 4.78 is 6.66. The number of allylic oxidation sites excluding steroid dienone is 4. The maximum atomic E-state index is 6.66. The monoisotopic (exact) mass is 836 g/mol. The summed E-state index contributed by atoms with van der Waals surface area (Å²) >= 11 is 0. The number of hydrogen-bond donors (Lipinski definition) is 0.